The van der Waals surface area contributed by atoms with Crippen LogP contribution < -0.4 is 19.7 Å². The molecule has 0 saturated heterocycles. The minimum absolute atomic E-state index is 0.0147. The fraction of sp³-hybridized carbons (Fsp3) is 0.217. The van der Waals surface area contributed by atoms with Crippen molar-refractivity contribution >= 4 is 34.5 Å². The maximum absolute atomic E-state index is 12.4. The lowest BCUT2D eigenvalue weighted by Gasteiger charge is -2.29. The van der Waals surface area contributed by atoms with Crippen molar-refractivity contribution in [1.29, 1.82) is 0 Å². The number of nitrogens with zero attached hydrogens (tertiary/aromatic N) is 1. The van der Waals surface area contributed by atoms with Gasteiger partial charge in [0.1, 0.15) is 11.5 Å². The molecule has 2 amide bonds. The van der Waals surface area contributed by atoms with E-state index in [0.717, 1.165) is 10.6 Å². The predicted molar refractivity (Wildman–Crippen MR) is 117 cm³/mol. The zero-order valence-corrected chi connectivity index (χ0v) is 17.2. The number of hydrogen-bond donors (Lipinski definition) is 1. The van der Waals surface area contributed by atoms with Gasteiger partial charge in [0.2, 0.25) is 5.91 Å². The summed E-state index contributed by atoms with van der Waals surface area (Å²) in [6.45, 7) is 1.03. The molecular weight excluding hydrogens is 400 g/mol. The Kier molecular flexibility index (Phi) is 6.29. The van der Waals surface area contributed by atoms with E-state index in [0.29, 0.717) is 43.1 Å². The van der Waals surface area contributed by atoms with Gasteiger partial charge >= 0.3 is 0 Å². The summed E-state index contributed by atoms with van der Waals surface area (Å²) in [7, 11) is 0. The summed E-state index contributed by atoms with van der Waals surface area (Å²) in [5.41, 5.74) is 1.36. The monoisotopic (exact) mass is 422 g/mol. The van der Waals surface area contributed by atoms with Crippen molar-refractivity contribution in [2.75, 3.05) is 30.0 Å². The number of amides is 2. The van der Waals surface area contributed by atoms with Gasteiger partial charge in [0, 0.05) is 23.2 Å². The number of anilines is 2. The molecule has 0 radical (unpaired) electrons. The Labute approximate surface area is 179 Å². The quantitative estimate of drug-likeness (QED) is 0.555. The molecule has 0 unspecified atom stereocenters. The van der Waals surface area contributed by atoms with Crippen LogP contribution in [0, 0.1) is 0 Å². The molecule has 154 valence electrons. The van der Waals surface area contributed by atoms with Crippen molar-refractivity contribution in [1.82, 2.24) is 0 Å². The summed E-state index contributed by atoms with van der Waals surface area (Å²) < 4.78 is 11.3. The van der Waals surface area contributed by atoms with E-state index < -0.39 is 0 Å². The first-order valence-electron chi connectivity index (χ1n) is 9.76. The van der Waals surface area contributed by atoms with Gasteiger partial charge < -0.3 is 19.7 Å². The Balaban J connectivity index is 1.35. The highest BCUT2D eigenvalue weighted by Gasteiger charge is 2.25. The van der Waals surface area contributed by atoms with Gasteiger partial charge in [0.15, 0.2) is 6.61 Å². The molecule has 6 nitrogen and oxygen atoms in total. The molecule has 0 spiro atoms. The van der Waals surface area contributed by atoms with Crippen LogP contribution in [0.15, 0.2) is 66.0 Å². The zero-order valence-electron chi connectivity index (χ0n) is 16.4. The van der Waals surface area contributed by atoms with Crippen LogP contribution in [0.4, 0.5) is 11.4 Å². The Hall–Kier alpha value is -3.32. The van der Waals surface area contributed by atoms with E-state index in [9.17, 15) is 9.59 Å². The highest BCUT2D eigenvalue weighted by molar-refractivity contribution is 7.10. The number of ether oxygens (including phenoxy) is 2. The number of carbonyl (C=O) groups excluding carboxylic acids is 2. The number of benzene rings is 2. The minimum atomic E-state index is -0.0864. The maximum atomic E-state index is 12.4. The Morgan fingerprint density at radius 2 is 2.00 bits per heavy atom. The first-order chi connectivity index (χ1) is 14.7. The van der Waals surface area contributed by atoms with Gasteiger partial charge in [-0.3, -0.25) is 9.59 Å². The van der Waals surface area contributed by atoms with Gasteiger partial charge in [0.05, 0.1) is 18.7 Å². The molecule has 2 aromatic carbocycles. The second-order valence-corrected chi connectivity index (χ2v) is 7.87. The first kappa shape index (κ1) is 20.0. The molecule has 0 bridgehead atoms. The lowest BCUT2D eigenvalue weighted by molar-refractivity contribution is -0.121. The number of nitrogens with one attached hydrogen (secondary N) is 1. The number of para-hydroxylation sites is 1. The van der Waals surface area contributed by atoms with Crippen LogP contribution in [-0.2, 0) is 16.0 Å². The SMILES string of the molecule is O=C(Cc1cccs1)Nc1ccc2c(c1)OCC(=O)N2CCCOc1ccccc1. The molecule has 1 aromatic heterocycles. The smallest absolute Gasteiger partial charge is 0.265 e. The lowest BCUT2D eigenvalue weighted by atomic mass is 10.2. The highest BCUT2D eigenvalue weighted by atomic mass is 32.1. The standard InChI is InChI=1S/C23H22N2O4S/c26-22(15-19-8-4-13-30-19)24-17-9-10-20-21(14-17)29-16-23(27)25(20)11-5-12-28-18-6-2-1-3-7-18/h1-4,6-10,13-14H,5,11-12,15-16H2,(H,24,26). The van der Waals surface area contributed by atoms with E-state index >= 15 is 0 Å². The molecule has 0 aliphatic carbocycles. The zero-order chi connectivity index (χ0) is 20.8. The molecule has 1 aliphatic rings. The van der Waals surface area contributed by atoms with Crippen molar-refractivity contribution in [3.63, 3.8) is 0 Å². The van der Waals surface area contributed by atoms with Crippen LogP contribution in [0.1, 0.15) is 11.3 Å². The number of rotatable bonds is 8. The fourth-order valence-electron chi connectivity index (χ4n) is 3.23. The highest BCUT2D eigenvalue weighted by Crippen LogP contribution is 2.34. The second kappa shape index (κ2) is 9.45. The van der Waals surface area contributed by atoms with Crippen molar-refractivity contribution in [3.05, 3.63) is 70.9 Å². The summed E-state index contributed by atoms with van der Waals surface area (Å²) in [4.78, 5) is 27.3. The fourth-order valence-corrected chi connectivity index (χ4v) is 3.94. The Morgan fingerprint density at radius 1 is 1.13 bits per heavy atom. The maximum Gasteiger partial charge on any atom is 0.265 e. The van der Waals surface area contributed by atoms with Crippen molar-refractivity contribution in [2.24, 2.45) is 0 Å². The van der Waals surface area contributed by atoms with Crippen molar-refractivity contribution in [2.45, 2.75) is 12.8 Å². The molecular formula is C23H22N2O4S. The molecule has 0 atom stereocenters. The van der Waals surface area contributed by atoms with E-state index in [1.165, 1.54) is 0 Å². The van der Waals surface area contributed by atoms with Crippen LogP contribution in [0.2, 0.25) is 0 Å². The molecule has 1 N–H and O–H groups in total. The normalized spacial score (nSPS) is 12.8. The number of carbonyl (C=O) groups is 2. The summed E-state index contributed by atoms with van der Waals surface area (Å²) in [5, 5.41) is 4.84. The Bertz CT molecular complexity index is 1010. The van der Waals surface area contributed by atoms with Gasteiger partial charge in [-0.05, 0) is 42.1 Å². The second-order valence-electron chi connectivity index (χ2n) is 6.84. The topological polar surface area (TPSA) is 67.9 Å². The van der Waals surface area contributed by atoms with Crippen LogP contribution in [-0.4, -0.2) is 31.6 Å². The van der Waals surface area contributed by atoms with Gasteiger partial charge in [-0.15, -0.1) is 11.3 Å². The molecule has 30 heavy (non-hydrogen) atoms. The third-order valence-corrected chi connectivity index (χ3v) is 5.52. The van der Waals surface area contributed by atoms with Crippen LogP contribution in [0.25, 0.3) is 0 Å². The summed E-state index contributed by atoms with van der Waals surface area (Å²) in [5.74, 6) is 1.23. The van der Waals surface area contributed by atoms with E-state index in [2.05, 4.69) is 5.32 Å². The predicted octanol–water partition coefficient (Wildman–Crippen LogP) is 4.12. The average molecular weight is 423 g/mol. The molecule has 3 aromatic rings. The largest absolute Gasteiger partial charge is 0.494 e. The first-order valence-corrected chi connectivity index (χ1v) is 10.6. The average Bonchev–Trinajstić information content (AvgIpc) is 3.26. The van der Waals surface area contributed by atoms with Crippen molar-refractivity contribution < 1.29 is 19.1 Å². The van der Waals surface area contributed by atoms with E-state index in [1.54, 1.807) is 28.4 Å². The third kappa shape index (κ3) is 4.99. The molecule has 7 heteroatoms. The minimum Gasteiger partial charge on any atom is -0.494 e. The van der Waals surface area contributed by atoms with Crippen LogP contribution >= 0.6 is 11.3 Å². The van der Waals surface area contributed by atoms with Gasteiger partial charge in [0.25, 0.3) is 5.91 Å². The van der Waals surface area contributed by atoms with Gasteiger partial charge in [-0.25, -0.2) is 0 Å². The number of thiophene rings is 1. The lowest BCUT2D eigenvalue weighted by Crippen LogP contribution is -2.39. The third-order valence-electron chi connectivity index (χ3n) is 4.64. The van der Waals surface area contributed by atoms with Crippen LogP contribution in [0.5, 0.6) is 11.5 Å². The van der Waals surface area contributed by atoms with Gasteiger partial charge in [-0.1, -0.05) is 24.3 Å². The molecule has 2 heterocycles. The summed E-state index contributed by atoms with van der Waals surface area (Å²) >= 11 is 1.55. The van der Waals surface area contributed by atoms with E-state index in [1.807, 2.05) is 53.9 Å². The van der Waals surface area contributed by atoms with Gasteiger partial charge in [-0.2, -0.15) is 0 Å². The van der Waals surface area contributed by atoms with E-state index in [4.69, 9.17) is 9.47 Å². The van der Waals surface area contributed by atoms with Crippen molar-refractivity contribution in [3.8, 4) is 11.5 Å². The number of fused-ring (bicyclic) bond motifs is 1. The summed E-state index contributed by atoms with van der Waals surface area (Å²) in [6.07, 6.45) is 1.03. The molecule has 0 fully saturated rings. The number of hydrogen-bond acceptors (Lipinski definition) is 5. The molecule has 4 rings (SSSR count). The Morgan fingerprint density at radius 3 is 2.80 bits per heavy atom. The summed E-state index contributed by atoms with van der Waals surface area (Å²) in [6, 6.07) is 18.8. The molecule has 0 saturated carbocycles. The van der Waals surface area contributed by atoms with E-state index in [-0.39, 0.29) is 18.4 Å². The van der Waals surface area contributed by atoms with Crippen LogP contribution in [0.3, 0.4) is 0 Å². The molecule has 1 aliphatic heterocycles.